The maximum absolute atomic E-state index is 11.5. The fourth-order valence-corrected chi connectivity index (χ4v) is 1.15. The molecule has 1 atom stereocenters. The van der Waals surface area contributed by atoms with Crippen molar-refractivity contribution in [3.63, 3.8) is 0 Å². The zero-order valence-corrected chi connectivity index (χ0v) is 8.98. The van der Waals surface area contributed by atoms with Gasteiger partial charge in [-0.3, -0.25) is 0 Å². The van der Waals surface area contributed by atoms with Gasteiger partial charge in [-0.05, 0) is 12.1 Å². The van der Waals surface area contributed by atoms with Crippen LogP contribution in [0.25, 0.3) is 0 Å². The zero-order valence-electron chi connectivity index (χ0n) is 8.98. The van der Waals surface area contributed by atoms with Crippen LogP contribution in [0.1, 0.15) is 16.8 Å². The highest BCUT2D eigenvalue weighted by Gasteiger charge is 2.37. The Balaban J connectivity index is 2.68. The number of carbonyl (C=O) groups is 1. The van der Waals surface area contributed by atoms with Gasteiger partial charge < -0.3 is 25.2 Å². The molecule has 0 amide bonds. The molecule has 0 fully saturated rings. The van der Waals surface area contributed by atoms with E-state index in [0.717, 1.165) is 0 Å². The minimum atomic E-state index is -3.02. The van der Waals surface area contributed by atoms with Crippen LogP contribution in [0.3, 0.4) is 0 Å². The highest BCUT2D eigenvalue weighted by Crippen LogP contribution is 2.14. The third-order valence-electron chi connectivity index (χ3n) is 2.09. The summed E-state index contributed by atoms with van der Waals surface area (Å²) in [6.45, 7) is -0.465. The highest BCUT2D eigenvalue weighted by atomic mass is 16.8. The molecular formula is C11H14O6. The second-order valence-electron chi connectivity index (χ2n) is 3.44. The number of hydrogen-bond donors (Lipinski definition) is 4. The van der Waals surface area contributed by atoms with Crippen molar-refractivity contribution in [2.75, 3.05) is 6.61 Å². The van der Waals surface area contributed by atoms with Crippen molar-refractivity contribution >= 4 is 5.97 Å². The monoisotopic (exact) mass is 242 g/mol. The van der Waals surface area contributed by atoms with Crippen molar-refractivity contribution in [3.8, 4) is 0 Å². The van der Waals surface area contributed by atoms with E-state index in [2.05, 4.69) is 4.74 Å². The summed E-state index contributed by atoms with van der Waals surface area (Å²) in [4.78, 5) is 11.5. The molecule has 0 spiro atoms. The Morgan fingerprint density at radius 1 is 1.29 bits per heavy atom. The summed E-state index contributed by atoms with van der Waals surface area (Å²) in [7, 11) is 0. The van der Waals surface area contributed by atoms with Crippen molar-refractivity contribution in [2.45, 2.75) is 18.5 Å². The molecule has 1 aromatic carbocycles. The van der Waals surface area contributed by atoms with Crippen molar-refractivity contribution in [3.05, 3.63) is 35.9 Å². The third kappa shape index (κ3) is 3.79. The number of rotatable bonds is 5. The van der Waals surface area contributed by atoms with Crippen molar-refractivity contribution < 1.29 is 30.0 Å². The lowest BCUT2D eigenvalue weighted by atomic mass is 10.2. The molecule has 6 heteroatoms. The van der Waals surface area contributed by atoms with E-state index in [9.17, 15) is 20.1 Å². The van der Waals surface area contributed by atoms with Gasteiger partial charge in [-0.2, -0.15) is 0 Å². The summed E-state index contributed by atoms with van der Waals surface area (Å²) in [5, 5.41) is 36.4. The van der Waals surface area contributed by atoms with E-state index in [0.29, 0.717) is 0 Å². The molecule has 17 heavy (non-hydrogen) atoms. The third-order valence-corrected chi connectivity index (χ3v) is 2.09. The molecule has 94 valence electrons. The van der Waals surface area contributed by atoms with E-state index in [1.807, 2.05) is 0 Å². The average Bonchev–Trinajstić information content (AvgIpc) is 2.30. The molecule has 0 heterocycles. The second kappa shape index (κ2) is 5.74. The number of hydrogen-bond acceptors (Lipinski definition) is 6. The summed E-state index contributed by atoms with van der Waals surface area (Å²) in [6, 6.07) is 7.70. The Labute approximate surface area is 97.7 Å². The van der Waals surface area contributed by atoms with Crippen LogP contribution < -0.4 is 0 Å². The first-order valence-corrected chi connectivity index (χ1v) is 4.99. The van der Waals surface area contributed by atoms with Crippen LogP contribution in [0.5, 0.6) is 0 Å². The maximum atomic E-state index is 11.5. The number of benzene rings is 1. The van der Waals surface area contributed by atoms with Crippen LogP contribution in [-0.2, 0) is 4.74 Å². The first-order valence-electron chi connectivity index (χ1n) is 4.99. The van der Waals surface area contributed by atoms with E-state index < -0.39 is 24.7 Å². The lowest BCUT2D eigenvalue weighted by molar-refractivity contribution is -0.351. The molecule has 0 bridgehead atoms. The largest absolute Gasteiger partial charge is 0.402 e. The van der Waals surface area contributed by atoms with Crippen LogP contribution in [0.2, 0.25) is 0 Å². The average molecular weight is 242 g/mol. The number of esters is 1. The van der Waals surface area contributed by atoms with Gasteiger partial charge in [-0.15, -0.1) is 0 Å². The molecular weight excluding hydrogens is 228 g/mol. The van der Waals surface area contributed by atoms with Gasteiger partial charge in [0.25, 0.3) is 0 Å². The lowest BCUT2D eigenvalue weighted by Crippen LogP contribution is -2.46. The van der Waals surface area contributed by atoms with E-state index in [4.69, 9.17) is 5.11 Å². The minimum Gasteiger partial charge on any atom is -0.402 e. The summed E-state index contributed by atoms with van der Waals surface area (Å²) in [5.74, 6) is -4.00. The van der Waals surface area contributed by atoms with Gasteiger partial charge in [0.15, 0.2) is 0 Å². The molecule has 0 aliphatic heterocycles. The SMILES string of the molecule is O=C(OC(O)(O)C(O)CCO)c1ccccc1. The molecule has 0 aromatic heterocycles. The van der Waals surface area contributed by atoms with E-state index in [1.165, 1.54) is 12.1 Å². The van der Waals surface area contributed by atoms with Crippen LogP contribution in [0.4, 0.5) is 0 Å². The van der Waals surface area contributed by atoms with Gasteiger partial charge >= 0.3 is 11.9 Å². The number of aliphatic hydroxyl groups is 4. The molecule has 1 rings (SSSR count). The maximum Gasteiger partial charge on any atom is 0.352 e. The molecule has 1 aromatic rings. The molecule has 0 aliphatic carbocycles. The number of ether oxygens (including phenoxy) is 1. The first-order chi connectivity index (χ1) is 7.97. The molecule has 0 radical (unpaired) electrons. The van der Waals surface area contributed by atoms with Gasteiger partial charge in [0.1, 0.15) is 6.10 Å². The Morgan fingerprint density at radius 2 is 1.88 bits per heavy atom. The fraction of sp³-hybridized carbons (Fsp3) is 0.364. The van der Waals surface area contributed by atoms with Crippen LogP contribution in [0, 0.1) is 0 Å². The summed E-state index contributed by atoms with van der Waals surface area (Å²) < 4.78 is 4.35. The molecule has 6 nitrogen and oxygen atoms in total. The van der Waals surface area contributed by atoms with Crippen molar-refractivity contribution in [1.82, 2.24) is 0 Å². The van der Waals surface area contributed by atoms with Gasteiger partial charge in [0.05, 0.1) is 5.56 Å². The van der Waals surface area contributed by atoms with Crippen LogP contribution in [0.15, 0.2) is 30.3 Å². The molecule has 4 N–H and O–H groups in total. The smallest absolute Gasteiger partial charge is 0.352 e. The number of aliphatic hydroxyl groups excluding tert-OH is 2. The van der Waals surface area contributed by atoms with Crippen molar-refractivity contribution in [2.24, 2.45) is 0 Å². The predicted octanol–water partition coefficient (Wildman–Crippen LogP) is -0.775. The van der Waals surface area contributed by atoms with Crippen molar-refractivity contribution in [1.29, 1.82) is 0 Å². The van der Waals surface area contributed by atoms with Gasteiger partial charge in [0.2, 0.25) is 0 Å². The summed E-state index contributed by atoms with van der Waals surface area (Å²) in [5.41, 5.74) is 0.121. The molecule has 0 aliphatic rings. The van der Waals surface area contributed by atoms with Gasteiger partial charge in [-0.1, -0.05) is 18.2 Å². The van der Waals surface area contributed by atoms with E-state index in [1.54, 1.807) is 18.2 Å². The number of carbonyl (C=O) groups excluding carboxylic acids is 1. The molecule has 1 unspecified atom stereocenters. The van der Waals surface area contributed by atoms with Gasteiger partial charge in [0, 0.05) is 13.0 Å². The zero-order chi connectivity index (χ0) is 12.9. The second-order valence-corrected chi connectivity index (χ2v) is 3.44. The topological polar surface area (TPSA) is 107 Å². The quantitative estimate of drug-likeness (QED) is 0.399. The standard InChI is InChI=1S/C11H14O6/c12-7-6-9(13)11(15,16)17-10(14)8-4-2-1-3-5-8/h1-5,9,12-13,15-16H,6-7H2. The molecule has 0 saturated carbocycles. The fourth-order valence-electron chi connectivity index (χ4n) is 1.15. The van der Waals surface area contributed by atoms with Gasteiger partial charge in [-0.25, -0.2) is 4.79 Å². The normalized spacial score (nSPS) is 13.2. The predicted molar refractivity (Wildman–Crippen MR) is 56.7 cm³/mol. The van der Waals surface area contributed by atoms with E-state index in [-0.39, 0.29) is 12.0 Å². The van der Waals surface area contributed by atoms with Crippen LogP contribution >= 0.6 is 0 Å². The van der Waals surface area contributed by atoms with E-state index >= 15 is 0 Å². The Morgan fingerprint density at radius 3 is 2.41 bits per heavy atom. The molecule has 0 saturated heterocycles. The van der Waals surface area contributed by atoms with Crippen LogP contribution in [-0.4, -0.2) is 45.1 Å². The minimum absolute atomic E-state index is 0.121. The Bertz CT molecular complexity index is 361. The summed E-state index contributed by atoms with van der Waals surface area (Å²) >= 11 is 0. The first kappa shape index (κ1) is 13.6. The Kier molecular flexibility index (Phi) is 4.59. The highest BCUT2D eigenvalue weighted by molar-refractivity contribution is 5.89. The Hall–Kier alpha value is -1.47. The lowest BCUT2D eigenvalue weighted by Gasteiger charge is -2.25. The summed E-state index contributed by atoms with van der Waals surface area (Å²) in [6.07, 6.45) is -2.10.